The third-order valence-corrected chi connectivity index (χ3v) is 7.31. The maximum atomic E-state index is 13.9. The SMILES string of the molecule is Cc1ccc[n+](C2=C(c3c(C(C)C)nn(-c4ccc(Cl)c(Cl)c4)c3[O-])C(=O)N(CC3CCCO3)C2=O)c1. The number of hydrogen-bond acceptors (Lipinski definition) is 5. The molecule has 8 nitrogen and oxygen atoms in total. The van der Waals surface area contributed by atoms with Gasteiger partial charge in [-0.2, -0.15) is 9.67 Å². The van der Waals surface area contributed by atoms with Gasteiger partial charge in [0.25, 0.3) is 11.6 Å². The van der Waals surface area contributed by atoms with Crippen molar-refractivity contribution in [1.82, 2.24) is 14.7 Å². The number of carbonyl (C=O) groups excluding carboxylic acids is 2. The molecule has 5 rings (SSSR count). The van der Waals surface area contributed by atoms with Crippen LogP contribution < -0.4 is 9.67 Å². The van der Waals surface area contributed by atoms with Gasteiger partial charge >= 0.3 is 5.91 Å². The van der Waals surface area contributed by atoms with Crippen LogP contribution >= 0.6 is 23.2 Å². The standard InChI is InChI=1S/C27H26Cl2N4O4/c1-15(2)23-21(26(35)33(30-23)17-8-9-19(28)20(29)12-17)22-24(31-10-4-6-16(3)13-31)27(36)32(25(22)34)14-18-7-5-11-37-18/h4,6,8-10,12-13,15,18H,5,7,11,14H2,1-3H3. The smallest absolute Gasteiger partial charge is 0.327 e. The van der Waals surface area contributed by atoms with Crippen LogP contribution in [0.4, 0.5) is 0 Å². The Kier molecular flexibility index (Phi) is 6.83. The second-order valence-electron chi connectivity index (χ2n) is 9.60. The van der Waals surface area contributed by atoms with Gasteiger partial charge in [0.1, 0.15) is 5.57 Å². The van der Waals surface area contributed by atoms with E-state index in [0.29, 0.717) is 23.0 Å². The van der Waals surface area contributed by atoms with E-state index in [9.17, 15) is 14.7 Å². The largest absolute Gasteiger partial charge is 0.858 e. The van der Waals surface area contributed by atoms with E-state index >= 15 is 0 Å². The Morgan fingerprint density at radius 1 is 1.19 bits per heavy atom. The molecule has 37 heavy (non-hydrogen) atoms. The second-order valence-corrected chi connectivity index (χ2v) is 10.4. The zero-order valence-electron chi connectivity index (χ0n) is 20.7. The van der Waals surface area contributed by atoms with Gasteiger partial charge in [0.2, 0.25) is 0 Å². The molecule has 10 heteroatoms. The van der Waals surface area contributed by atoms with Gasteiger partial charge in [-0.15, -0.1) is 0 Å². The molecule has 0 N–H and O–H groups in total. The molecule has 2 aliphatic heterocycles. The van der Waals surface area contributed by atoms with Gasteiger partial charge in [0.15, 0.2) is 12.4 Å². The summed E-state index contributed by atoms with van der Waals surface area (Å²) in [4.78, 5) is 28.9. The summed E-state index contributed by atoms with van der Waals surface area (Å²) in [6, 6.07) is 8.44. The maximum Gasteiger partial charge on any atom is 0.327 e. The number of carbonyl (C=O) groups is 2. The summed E-state index contributed by atoms with van der Waals surface area (Å²) in [6.45, 7) is 6.39. The molecule has 2 amide bonds. The predicted molar refractivity (Wildman–Crippen MR) is 137 cm³/mol. The lowest BCUT2D eigenvalue weighted by Crippen LogP contribution is -2.42. The molecule has 1 unspecified atom stereocenters. The number of hydrogen-bond donors (Lipinski definition) is 0. The maximum absolute atomic E-state index is 13.9. The van der Waals surface area contributed by atoms with Gasteiger partial charge in [0, 0.05) is 23.8 Å². The Morgan fingerprint density at radius 3 is 2.62 bits per heavy atom. The highest BCUT2D eigenvalue weighted by Crippen LogP contribution is 2.40. The fourth-order valence-corrected chi connectivity index (χ4v) is 5.06. The Labute approximate surface area is 224 Å². The number of aromatic nitrogens is 3. The number of ether oxygens (including phenoxy) is 1. The van der Waals surface area contributed by atoms with Crippen molar-refractivity contribution in [3.63, 3.8) is 0 Å². The first kappa shape index (κ1) is 25.4. The number of amides is 2. The zero-order chi connectivity index (χ0) is 26.4. The minimum Gasteiger partial charge on any atom is -0.858 e. The van der Waals surface area contributed by atoms with Crippen molar-refractivity contribution in [3.05, 3.63) is 69.6 Å². The van der Waals surface area contributed by atoms with Crippen LogP contribution in [0.1, 0.15) is 49.4 Å². The molecule has 0 bridgehead atoms. The number of pyridine rings is 1. The summed E-state index contributed by atoms with van der Waals surface area (Å²) < 4.78 is 8.53. The van der Waals surface area contributed by atoms with Gasteiger partial charge in [-0.1, -0.05) is 37.0 Å². The molecule has 0 aliphatic carbocycles. The molecular weight excluding hydrogens is 515 g/mol. The normalized spacial score (nSPS) is 18.1. The van der Waals surface area contributed by atoms with Crippen LogP contribution in [0.3, 0.4) is 0 Å². The molecule has 0 radical (unpaired) electrons. The van der Waals surface area contributed by atoms with E-state index in [0.717, 1.165) is 18.4 Å². The van der Waals surface area contributed by atoms with E-state index in [1.54, 1.807) is 41.2 Å². The molecule has 3 aromatic rings. The third-order valence-electron chi connectivity index (χ3n) is 6.58. The molecule has 4 heterocycles. The number of benzene rings is 1. The van der Waals surface area contributed by atoms with Gasteiger partial charge in [-0.3, -0.25) is 14.5 Å². The van der Waals surface area contributed by atoms with Crippen LogP contribution in [0, 0.1) is 6.92 Å². The summed E-state index contributed by atoms with van der Waals surface area (Å²) in [5.41, 5.74) is 1.99. The lowest BCUT2D eigenvalue weighted by Gasteiger charge is -2.19. The average molecular weight is 541 g/mol. The summed E-state index contributed by atoms with van der Waals surface area (Å²) in [5.74, 6) is -1.72. The Bertz CT molecular complexity index is 1440. The predicted octanol–water partition coefficient (Wildman–Crippen LogP) is 3.89. The van der Waals surface area contributed by atoms with E-state index in [-0.39, 0.29) is 40.4 Å². The molecule has 1 atom stereocenters. The highest BCUT2D eigenvalue weighted by molar-refractivity contribution is 6.45. The van der Waals surface area contributed by atoms with Crippen LogP contribution in [-0.4, -0.2) is 45.8 Å². The van der Waals surface area contributed by atoms with Crippen LogP contribution in [0.2, 0.25) is 10.0 Å². The lowest BCUT2D eigenvalue weighted by molar-refractivity contribution is -0.577. The van der Waals surface area contributed by atoms with Gasteiger partial charge < -0.3 is 9.84 Å². The fraction of sp³-hybridized carbons (Fsp3) is 0.333. The van der Waals surface area contributed by atoms with E-state index < -0.39 is 17.7 Å². The van der Waals surface area contributed by atoms with Crippen molar-refractivity contribution >= 4 is 46.3 Å². The van der Waals surface area contributed by atoms with Crippen LogP contribution in [0.15, 0.2) is 42.7 Å². The number of imide groups is 1. The summed E-state index contributed by atoms with van der Waals surface area (Å²) >= 11 is 12.3. The number of aryl methyl sites for hydroxylation is 1. The fourth-order valence-electron chi connectivity index (χ4n) is 4.77. The van der Waals surface area contributed by atoms with E-state index in [4.69, 9.17) is 27.9 Å². The Morgan fingerprint density at radius 2 is 1.97 bits per heavy atom. The van der Waals surface area contributed by atoms with Gasteiger partial charge in [0.05, 0.1) is 34.1 Å². The van der Waals surface area contributed by atoms with Gasteiger partial charge in [-0.25, -0.2) is 4.68 Å². The van der Waals surface area contributed by atoms with Crippen LogP contribution in [0.25, 0.3) is 17.0 Å². The Balaban J connectivity index is 1.72. The van der Waals surface area contributed by atoms with Crippen molar-refractivity contribution < 1.29 is 24.0 Å². The highest BCUT2D eigenvalue weighted by atomic mass is 35.5. The molecule has 192 valence electrons. The molecule has 2 aromatic heterocycles. The lowest BCUT2D eigenvalue weighted by atomic mass is 9.98. The van der Waals surface area contributed by atoms with Crippen molar-refractivity contribution in [2.45, 2.75) is 45.6 Å². The minimum atomic E-state index is -0.530. The molecule has 2 aliphatic rings. The Hall–Kier alpha value is -3.20. The minimum absolute atomic E-state index is 0.0404. The average Bonchev–Trinajstić information content (AvgIpc) is 3.55. The molecule has 1 aromatic carbocycles. The van der Waals surface area contributed by atoms with E-state index in [2.05, 4.69) is 5.10 Å². The summed E-state index contributed by atoms with van der Waals surface area (Å²) in [6.07, 6.45) is 4.87. The number of halogens is 2. The first-order valence-corrected chi connectivity index (χ1v) is 12.9. The first-order valence-electron chi connectivity index (χ1n) is 12.1. The van der Waals surface area contributed by atoms with Crippen LogP contribution in [0.5, 0.6) is 5.88 Å². The second kappa shape index (κ2) is 9.93. The van der Waals surface area contributed by atoms with Crippen molar-refractivity contribution in [1.29, 1.82) is 0 Å². The molecule has 1 fully saturated rings. The monoisotopic (exact) mass is 540 g/mol. The van der Waals surface area contributed by atoms with Crippen molar-refractivity contribution in [2.75, 3.05) is 13.2 Å². The first-order chi connectivity index (χ1) is 17.7. The van der Waals surface area contributed by atoms with E-state index in [1.165, 1.54) is 9.58 Å². The molecule has 0 saturated carbocycles. The van der Waals surface area contributed by atoms with Crippen molar-refractivity contribution in [2.24, 2.45) is 0 Å². The number of rotatable bonds is 6. The van der Waals surface area contributed by atoms with E-state index in [1.807, 2.05) is 26.8 Å². The summed E-state index contributed by atoms with van der Waals surface area (Å²) in [7, 11) is 0. The number of nitrogens with zero attached hydrogens (tertiary/aromatic N) is 4. The highest BCUT2D eigenvalue weighted by Gasteiger charge is 2.47. The quantitative estimate of drug-likeness (QED) is 0.349. The molecule has 0 spiro atoms. The zero-order valence-corrected chi connectivity index (χ0v) is 22.2. The van der Waals surface area contributed by atoms with Crippen LogP contribution in [-0.2, 0) is 14.3 Å². The molecular formula is C27H26Cl2N4O4. The topological polar surface area (TPSA) is 91.4 Å². The van der Waals surface area contributed by atoms with Crippen molar-refractivity contribution in [3.8, 4) is 11.6 Å². The van der Waals surface area contributed by atoms with Gasteiger partial charge in [-0.05, 0) is 55.8 Å². The summed E-state index contributed by atoms with van der Waals surface area (Å²) in [5, 5.41) is 19.1. The molecule has 1 saturated heterocycles. The third kappa shape index (κ3) is 4.54.